The molecule has 1 amide bonds. The van der Waals surface area contributed by atoms with Crippen LogP contribution in [0.1, 0.15) is 13.8 Å². The summed E-state index contributed by atoms with van der Waals surface area (Å²) in [7, 11) is 1.85. The lowest BCUT2D eigenvalue weighted by Crippen LogP contribution is -2.41. The zero-order chi connectivity index (χ0) is 11.0. The molecule has 4 nitrogen and oxygen atoms in total. The molecule has 1 N–H and O–H groups in total. The Morgan fingerprint density at radius 1 is 1.64 bits per heavy atom. The van der Waals surface area contributed by atoms with Crippen molar-refractivity contribution in [3.63, 3.8) is 0 Å². The van der Waals surface area contributed by atoms with Crippen LogP contribution in [0.15, 0.2) is 12.7 Å². The van der Waals surface area contributed by atoms with Crippen molar-refractivity contribution in [2.45, 2.75) is 19.9 Å². The number of hydrogen-bond donors (Lipinski definition) is 1. The molecule has 4 heteroatoms. The predicted octanol–water partition coefficient (Wildman–Crippen LogP) is 1.24. The summed E-state index contributed by atoms with van der Waals surface area (Å²) < 4.78 is 4.95. The summed E-state index contributed by atoms with van der Waals surface area (Å²) >= 11 is 0. The van der Waals surface area contributed by atoms with Gasteiger partial charge in [0.15, 0.2) is 0 Å². The fourth-order valence-corrected chi connectivity index (χ4v) is 1.01. The minimum absolute atomic E-state index is 0.153. The molecule has 0 aliphatic carbocycles. The maximum atomic E-state index is 11.5. The molecule has 0 spiro atoms. The molecule has 0 saturated heterocycles. The number of amides is 1. The summed E-state index contributed by atoms with van der Waals surface area (Å²) in [4.78, 5) is 13.2. The second-order valence-corrected chi connectivity index (χ2v) is 3.26. The molecule has 0 radical (unpaired) electrons. The van der Waals surface area contributed by atoms with Gasteiger partial charge in [0, 0.05) is 19.1 Å². The highest BCUT2D eigenvalue weighted by molar-refractivity contribution is 5.68. The van der Waals surface area contributed by atoms with Crippen molar-refractivity contribution in [1.29, 1.82) is 0 Å². The molecule has 0 aliphatic heterocycles. The van der Waals surface area contributed by atoms with Crippen LogP contribution in [0.4, 0.5) is 4.79 Å². The van der Waals surface area contributed by atoms with Gasteiger partial charge in [0.25, 0.3) is 0 Å². The van der Waals surface area contributed by atoms with E-state index in [-0.39, 0.29) is 18.7 Å². The Morgan fingerprint density at radius 2 is 2.29 bits per heavy atom. The van der Waals surface area contributed by atoms with Gasteiger partial charge in [-0.15, -0.1) is 0 Å². The number of likely N-dealkylation sites (N-methyl/N-ethyl adjacent to an activating group) is 1. The standard InChI is InChI=1S/C10H20N2O2/c1-5-8-14-10(13)12(9(2)3)7-6-11-4/h5,9,11H,1,6-8H2,2-4H3. The topological polar surface area (TPSA) is 41.6 Å². The highest BCUT2D eigenvalue weighted by atomic mass is 16.6. The van der Waals surface area contributed by atoms with E-state index in [2.05, 4.69) is 11.9 Å². The summed E-state index contributed by atoms with van der Waals surface area (Å²) in [5, 5.41) is 2.99. The van der Waals surface area contributed by atoms with E-state index in [4.69, 9.17) is 4.74 Å². The predicted molar refractivity (Wildman–Crippen MR) is 57.3 cm³/mol. The zero-order valence-corrected chi connectivity index (χ0v) is 9.25. The third-order valence-electron chi connectivity index (χ3n) is 1.79. The molecule has 82 valence electrons. The molecule has 0 saturated carbocycles. The molecule has 0 fully saturated rings. The number of carbonyl (C=O) groups is 1. The fraction of sp³-hybridized carbons (Fsp3) is 0.700. The highest BCUT2D eigenvalue weighted by Crippen LogP contribution is 2.00. The van der Waals surface area contributed by atoms with Crippen molar-refractivity contribution in [3.05, 3.63) is 12.7 Å². The number of nitrogens with one attached hydrogen (secondary N) is 1. The lowest BCUT2D eigenvalue weighted by molar-refractivity contribution is 0.101. The average molecular weight is 200 g/mol. The number of ether oxygens (including phenoxy) is 1. The number of rotatable bonds is 6. The Hall–Kier alpha value is -1.03. The van der Waals surface area contributed by atoms with Crippen LogP contribution in [0.2, 0.25) is 0 Å². The second-order valence-electron chi connectivity index (χ2n) is 3.26. The molecule has 0 unspecified atom stereocenters. The average Bonchev–Trinajstić information content (AvgIpc) is 2.14. The van der Waals surface area contributed by atoms with E-state index in [0.29, 0.717) is 6.54 Å². The van der Waals surface area contributed by atoms with E-state index in [1.807, 2.05) is 20.9 Å². The van der Waals surface area contributed by atoms with Crippen molar-refractivity contribution in [2.75, 3.05) is 26.7 Å². The third-order valence-corrected chi connectivity index (χ3v) is 1.79. The van der Waals surface area contributed by atoms with Crippen LogP contribution in [0.25, 0.3) is 0 Å². The van der Waals surface area contributed by atoms with Crippen molar-refractivity contribution >= 4 is 6.09 Å². The van der Waals surface area contributed by atoms with Gasteiger partial charge in [-0.25, -0.2) is 4.79 Å². The zero-order valence-electron chi connectivity index (χ0n) is 9.25. The molecule has 14 heavy (non-hydrogen) atoms. The first kappa shape index (κ1) is 13.0. The monoisotopic (exact) mass is 200 g/mol. The van der Waals surface area contributed by atoms with Crippen LogP contribution in [0, 0.1) is 0 Å². The van der Waals surface area contributed by atoms with Crippen LogP contribution in [0.5, 0.6) is 0 Å². The molecule has 0 heterocycles. The SMILES string of the molecule is C=CCOC(=O)N(CCNC)C(C)C. The summed E-state index contributed by atoms with van der Waals surface area (Å²) in [6, 6.07) is 0.153. The number of carbonyl (C=O) groups excluding carboxylic acids is 1. The van der Waals surface area contributed by atoms with Crippen molar-refractivity contribution in [1.82, 2.24) is 10.2 Å². The molecule has 0 bridgehead atoms. The van der Waals surface area contributed by atoms with Gasteiger partial charge in [0.1, 0.15) is 6.61 Å². The van der Waals surface area contributed by atoms with Crippen molar-refractivity contribution < 1.29 is 9.53 Å². The van der Waals surface area contributed by atoms with Gasteiger partial charge < -0.3 is 15.0 Å². The quantitative estimate of drug-likeness (QED) is 0.656. The molecule has 0 aromatic rings. The number of hydrogen-bond acceptors (Lipinski definition) is 3. The van der Waals surface area contributed by atoms with Crippen LogP contribution in [0.3, 0.4) is 0 Å². The first-order valence-electron chi connectivity index (χ1n) is 4.82. The first-order valence-corrected chi connectivity index (χ1v) is 4.82. The van der Waals surface area contributed by atoms with Crippen LogP contribution >= 0.6 is 0 Å². The fourth-order valence-electron chi connectivity index (χ4n) is 1.01. The summed E-state index contributed by atoms with van der Waals surface area (Å²) in [5.41, 5.74) is 0. The summed E-state index contributed by atoms with van der Waals surface area (Å²) in [5.74, 6) is 0. The van der Waals surface area contributed by atoms with E-state index in [1.165, 1.54) is 0 Å². The van der Waals surface area contributed by atoms with Gasteiger partial charge in [-0.05, 0) is 20.9 Å². The Morgan fingerprint density at radius 3 is 2.71 bits per heavy atom. The maximum Gasteiger partial charge on any atom is 0.410 e. The van der Waals surface area contributed by atoms with Gasteiger partial charge in [-0.2, -0.15) is 0 Å². The lowest BCUT2D eigenvalue weighted by atomic mass is 10.3. The normalized spacial score (nSPS) is 10.0. The van der Waals surface area contributed by atoms with Gasteiger partial charge in [0.2, 0.25) is 0 Å². The largest absolute Gasteiger partial charge is 0.445 e. The Balaban J connectivity index is 4.04. The van der Waals surface area contributed by atoms with Gasteiger partial charge in [0.05, 0.1) is 0 Å². The highest BCUT2D eigenvalue weighted by Gasteiger charge is 2.16. The van der Waals surface area contributed by atoms with Crippen molar-refractivity contribution in [2.24, 2.45) is 0 Å². The molecule has 0 atom stereocenters. The molecule has 0 aromatic carbocycles. The van der Waals surface area contributed by atoms with E-state index in [1.54, 1.807) is 11.0 Å². The molecular weight excluding hydrogens is 180 g/mol. The molecular formula is C10H20N2O2. The minimum Gasteiger partial charge on any atom is -0.445 e. The second kappa shape index (κ2) is 7.38. The summed E-state index contributed by atoms with van der Waals surface area (Å²) in [6.45, 7) is 9.10. The Bertz CT molecular complexity index is 181. The van der Waals surface area contributed by atoms with Gasteiger partial charge in [-0.3, -0.25) is 0 Å². The molecule has 0 rings (SSSR count). The molecule has 0 aromatic heterocycles. The maximum absolute atomic E-state index is 11.5. The summed E-state index contributed by atoms with van der Waals surface area (Å²) in [6.07, 6.45) is 1.28. The Kier molecular flexibility index (Phi) is 6.84. The van der Waals surface area contributed by atoms with Crippen LogP contribution in [-0.4, -0.2) is 43.8 Å². The van der Waals surface area contributed by atoms with E-state index < -0.39 is 0 Å². The number of nitrogens with zero attached hydrogens (tertiary/aromatic N) is 1. The van der Waals surface area contributed by atoms with Crippen molar-refractivity contribution in [3.8, 4) is 0 Å². The lowest BCUT2D eigenvalue weighted by Gasteiger charge is -2.25. The smallest absolute Gasteiger partial charge is 0.410 e. The van der Waals surface area contributed by atoms with Gasteiger partial charge >= 0.3 is 6.09 Å². The molecule has 0 aliphatic rings. The minimum atomic E-state index is -0.282. The van der Waals surface area contributed by atoms with Crippen LogP contribution in [-0.2, 0) is 4.74 Å². The Labute approximate surface area is 85.9 Å². The first-order chi connectivity index (χ1) is 6.63. The van der Waals surface area contributed by atoms with E-state index >= 15 is 0 Å². The van der Waals surface area contributed by atoms with E-state index in [0.717, 1.165) is 6.54 Å². The van der Waals surface area contributed by atoms with Gasteiger partial charge in [-0.1, -0.05) is 12.7 Å². The van der Waals surface area contributed by atoms with Crippen LogP contribution < -0.4 is 5.32 Å². The third kappa shape index (κ3) is 4.87. The van der Waals surface area contributed by atoms with E-state index in [9.17, 15) is 4.79 Å².